The average Bonchev–Trinajstić information content (AvgIpc) is 2.84. The second-order valence-electron chi connectivity index (χ2n) is 8.98. The number of nitrogens with one attached hydrogen (secondary N) is 1. The molecule has 2 rings (SSSR count). The molecule has 0 heterocycles. The van der Waals surface area contributed by atoms with Gasteiger partial charge in [0.05, 0.1) is 5.56 Å². The Hall–Kier alpha value is -3.82. The molecule has 0 radical (unpaired) electrons. The number of hydrogen-bond acceptors (Lipinski definition) is 4. The van der Waals surface area contributed by atoms with Crippen molar-refractivity contribution in [2.24, 2.45) is 0 Å². The molecule has 0 aromatic heterocycles. The summed E-state index contributed by atoms with van der Waals surface area (Å²) in [4.78, 5) is 27.0. The Morgan fingerprint density at radius 1 is 1.14 bits per heavy atom. The fourth-order valence-corrected chi connectivity index (χ4v) is 3.46. The van der Waals surface area contributed by atoms with Gasteiger partial charge in [0.1, 0.15) is 11.6 Å². The number of benzene rings is 2. The van der Waals surface area contributed by atoms with Crippen molar-refractivity contribution < 1.29 is 32.6 Å². The van der Waals surface area contributed by atoms with E-state index in [2.05, 4.69) is 6.58 Å². The number of halogens is 3. The van der Waals surface area contributed by atoms with Crippen LogP contribution in [0.4, 0.5) is 23.7 Å². The van der Waals surface area contributed by atoms with Crippen molar-refractivity contribution in [2.75, 3.05) is 18.5 Å². The normalized spacial score (nSPS) is 11.5. The highest BCUT2D eigenvalue weighted by molar-refractivity contribution is 6.03. The van der Waals surface area contributed by atoms with Gasteiger partial charge >= 0.3 is 18.2 Å². The van der Waals surface area contributed by atoms with Gasteiger partial charge in [-0.05, 0) is 68.7 Å². The van der Waals surface area contributed by atoms with Gasteiger partial charge in [-0.1, -0.05) is 25.6 Å². The number of carboxylic acid groups (broad SMARTS) is 1. The summed E-state index contributed by atoms with van der Waals surface area (Å²) in [6.45, 7) is 8.78. The van der Waals surface area contributed by atoms with E-state index in [0.717, 1.165) is 17.7 Å². The van der Waals surface area contributed by atoms with Crippen molar-refractivity contribution in [3.05, 3.63) is 65.7 Å². The summed E-state index contributed by atoms with van der Waals surface area (Å²) in [6.07, 6.45) is -1.70. The quantitative estimate of drug-likeness (QED) is 0.278. The van der Waals surface area contributed by atoms with E-state index in [0.29, 0.717) is 24.2 Å². The number of carbonyl (C=O) groups excluding carboxylic acids is 1. The zero-order chi connectivity index (χ0) is 28.0. The van der Waals surface area contributed by atoms with Crippen LogP contribution in [0.3, 0.4) is 0 Å². The van der Waals surface area contributed by atoms with E-state index in [4.69, 9.17) is 10.1 Å². The minimum atomic E-state index is -4.47. The van der Waals surface area contributed by atoms with Crippen LogP contribution in [0.25, 0.3) is 6.08 Å². The number of nitrogens with zero attached hydrogens (tertiary/aromatic N) is 2. The molecule has 0 atom stereocenters. The SMILES string of the molecule is C=Cc1cc(CCC(=N)N(CCC)C(=O)N(C)c2ccc(C(F)(F)F)cc2)ccc1OC(C)(C)C(=O)O. The van der Waals surface area contributed by atoms with Crippen molar-refractivity contribution in [3.8, 4) is 5.75 Å². The van der Waals surface area contributed by atoms with Crippen molar-refractivity contribution in [1.29, 1.82) is 5.41 Å². The molecule has 0 aliphatic rings. The molecule has 2 aromatic carbocycles. The minimum Gasteiger partial charge on any atom is -0.478 e. The topological polar surface area (TPSA) is 93.9 Å². The van der Waals surface area contributed by atoms with Crippen LogP contribution < -0.4 is 9.64 Å². The molecule has 0 fully saturated rings. The number of aliphatic carboxylic acids is 1. The van der Waals surface area contributed by atoms with E-state index < -0.39 is 29.3 Å². The predicted octanol–water partition coefficient (Wildman–Crippen LogP) is 6.47. The van der Waals surface area contributed by atoms with E-state index >= 15 is 0 Å². The van der Waals surface area contributed by atoms with Crippen molar-refractivity contribution >= 4 is 29.6 Å². The van der Waals surface area contributed by atoms with Crippen LogP contribution in [0, 0.1) is 5.41 Å². The Morgan fingerprint density at radius 3 is 2.27 bits per heavy atom. The van der Waals surface area contributed by atoms with E-state index in [1.807, 2.05) is 6.92 Å². The number of ether oxygens (including phenoxy) is 1. The molecule has 2 amide bonds. The summed E-state index contributed by atoms with van der Waals surface area (Å²) in [7, 11) is 1.45. The third kappa shape index (κ3) is 7.58. The third-order valence-electron chi connectivity index (χ3n) is 5.70. The maximum atomic E-state index is 13.1. The molecular formula is C27H32F3N3O4. The van der Waals surface area contributed by atoms with Gasteiger partial charge in [0.15, 0.2) is 5.60 Å². The predicted molar refractivity (Wildman–Crippen MR) is 137 cm³/mol. The van der Waals surface area contributed by atoms with Crippen LogP contribution in [0.15, 0.2) is 49.0 Å². The lowest BCUT2D eigenvalue weighted by Gasteiger charge is -2.28. The molecule has 0 aliphatic carbocycles. The Labute approximate surface area is 214 Å². The van der Waals surface area contributed by atoms with Crippen molar-refractivity contribution in [3.63, 3.8) is 0 Å². The number of aryl methyl sites for hydroxylation is 1. The first-order valence-corrected chi connectivity index (χ1v) is 11.7. The van der Waals surface area contributed by atoms with Gasteiger partial charge in [-0.25, -0.2) is 9.59 Å². The zero-order valence-corrected chi connectivity index (χ0v) is 21.4. The Kier molecular flexibility index (Phi) is 9.49. The van der Waals surface area contributed by atoms with Crippen LogP contribution >= 0.6 is 0 Å². The lowest BCUT2D eigenvalue weighted by Crippen LogP contribution is -2.45. The fraction of sp³-hybridized carbons (Fsp3) is 0.370. The number of amidine groups is 1. The summed E-state index contributed by atoms with van der Waals surface area (Å²) >= 11 is 0. The van der Waals surface area contributed by atoms with Gasteiger partial charge in [-0.3, -0.25) is 15.2 Å². The molecule has 0 aliphatic heterocycles. The highest BCUT2D eigenvalue weighted by Gasteiger charge is 2.31. The molecule has 0 unspecified atom stereocenters. The van der Waals surface area contributed by atoms with Crippen molar-refractivity contribution in [2.45, 2.75) is 51.8 Å². The van der Waals surface area contributed by atoms with Gasteiger partial charge in [0.25, 0.3) is 0 Å². The Balaban J connectivity index is 2.13. The number of urea groups is 1. The third-order valence-corrected chi connectivity index (χ3v) is 5.70. The van der Waals surface area contributed by atoms with Crippen LogP contribution in [0.1, 0.15) is 50.3 Å². The summed E-state index contributed by atoms with van der Waals surface area (Å²) in [6, 6.07) is 8.95. The molecule has 37 heavy (non-hydrogen) atoms. The Morgan fingerprint density at radius 2 is 1.76 bits per heavy atom. The first-order valence-electron chi connectivity index (χ1n) is 11.7. The number of carbonyl (C=O) groups is 2. The van der Waals surface area contributed by atoms with Crippen molar-refractivity contribution in [1.82, 2.24) is 4.90 Å². The van der Waals surface area contributed by atoms with E-state index in [-0.39, 0.29) is 24.5 Å². The number of amides is 2. The van der Waals surface area contributed by atoms with Gasteiger partial charge in [-0.15, -0.1) is 0 Å². The molecule has 200 valence electrons. The monoisotopic (exact) mass is 519 g/mol. The maximum absolute atomic E-state index is 13.1. The first kappa shape index (κ1) is 29.4. The van der Waals surface area contributed by atoms with E-state index in [1.54, 1.807) is 24.3 Å². The molecule has 2 aromatic rings. The largest absolute Gasteiger partial charge is 0.478 e. The summed E-state index contributed by atoms with van der Waals surface area (Å²) in [5.74, 6) is -0.678. The Bertz CT molecular complexity index is 1140. The molecule has 0 spiro atoms. The lowest BCUT2D eigenvalue weighted by molar-refractivity contribution is -0.152. The molecule has 0 saturated heterocycles. The van der Waals surface area contributed by atoms with E-state index in [9.17, 15) is 27.9 Å². The second-order valence-corrected chi connectivity index (χ2v) is 8.98. The van der Waals surface area contributed by atoms with Gasteiger partial charge in [0, 0.05) is 31.3 Å². The molecule has 0 saturated carbocycles. The maximum Gasteiger partial charge on any atom is 0.416 e. The van der Waals surface area contributed by atoms with E-state index in [1.165, 1.54) is 42.8 Å². The second kappa shape index (κ2) is 11.9. The molecule has 0 bridgehead atoms. The van der Waals surface area contributed by atoms with Gasteiger partial charge in [-0.2, -0.15) is 13.2 Å². The summed E-state index contributed by atoms with van der Waals surface area (Å²) in [5, 5.41) is 17.8. The highest BCUT2D eigenvalue weighted by Crippen LogP contribution is 2.31. The van der Waals surface area contributed by atoms with Crippen LogP contribution in [0.5, 0.6) is 5.75 Å². The van der Waals surface area contributed by atoms with Gasteiger partial charge in [0.2, 0.25) is 0 Å². The van der Waals surface area contributed by atoms with Crippen LogP contribution in [0.2, 0.25) is 0 Å². The number of anilines is 1. The number of carboxylic acids is 1. The molecule has 10 heteroatoms. The average molecular weight is 520 g/mol. The lowest BCUT2D eigenvalue weighted by atomic mass is 10.0. The highest BCUT2D eigenvalue weighted by atomic mass is 19.4. The zero-order valence-electron chi connectivity index (χ0n) is 21.4. The smallest absolute Gasteiger partial charge is 0.416 e. The first-order chi connectivity index (χ1) is 17.2. The fourth-order valence-electron chi connectivity index (χ4n) is 3.46. The molecule has 7 nitrogen and oxygen atoms in total. The number of hydrogen-bond donors (Lipinski definition) is 2. The summed E-state index contributed by atoms with van der Waals surface area (Å²) in [5.41, 5.74) is -0.525. The standard InChI is InChI=1S/C27H32F3N3O4/c1-6-16-33(25(36)32(5)21-12-10-20(11-13-21)27(28,29)30)23(31)15-9-18-8-14-22(19(7-2)17-18)37-26(3,4)24(34)35/h7-8,10-14,17,31H,2,6,9,15-16H2,1,3-5H3,(H,34,35). The number of alkyl halides is 3. The van der Waals surface area contributed by atoms with Crippen LogP contribution in [-0.4, -0.2) is 47.0 Å². The molecular weight excluding hydrogens is 487 g/mol. The van der Waals surface area contributed by atoms with Gasteiger partial charge < -0.3 is 9.84 Å². The number of rotatable bonds is 10. The molecule has 2 N–H and O–H groups in total. The summed E-state index contributed by atoms with van der Waals surface area (Å²) < 4.78 is 44.2. The van der Waals surface area contributed by atoms with Crippen LogP contribution in [-0.2, 0) is 17.4 Å². The minimum absolute atomic E-state index is 0.0677.